The molecular formula is C14H19F3N2O2. The fraction of sp³-hybridized carbons (Fsp3) is 0.500. The van der Waals surface area contributed by atoms with Crippen LogP contribution in [0.5, 0.6) is 5.75 Å². The van der Waals surface area contributed by atoms with Crippen molar-refractivity contribution < 1.29 is 22.7 Å². The number of aryl methyl sites for hydroxylation is 1. The normalized spacial score (nSPS) is 14.4. The van der Waals surface area contributed by atoms with Crippen molar-refractivity contribution in [2.24, 2.45) is 11.7 Å². The number of rotatable bonds is 5. The van der Waals surface area contributed by atoms with E-state index in [2.05, 4.69) is 10.1 Å². The van der Waals surface area contributed by atoms with E-state index in [0.717, 1.165) is 0 Å². The Morgan fingerprint density at radius 2 is 2.00 bits per heavy atom. The van der Waals surface area contributed by atoms with Gasteiger partial charge in [-0.05, 0) is 37.6 Å². The number of halogens is 3. The van der Waals surface area contributed by atoms with Gasteiger partial charge in [-0.25, -0.2) is 0 Å². The van der Waals surface area contributed by atoms with Crippen molar-refractivity contribution in [3.8, 4) is 5.75 Å². The lowest BCUT2D eigenvalue weighted by Gasteiger charge is -2.16. The van der Waals surface area contributed by atoms with E-state index in [1.54, 1.807) is 26.8 Å². The van der Waals surface area contributed by atoms with Gasteiger partial charge in [0.15, 0.2) is 6.61 Å². The molecule has 0 saturated heterocycles. The summed E-state index contributed by atoms with van der Waals surface area (Å²) >= 11 is 0. The molecule has 0 saturated carbocycles. The van der Waals surface area contributed by atoms with E-state index >= 15 is 0 Å². The molecule has 1 aromatic rings. The first-order valence-electron chi connectivity index (χ1n) is 6.47. The Morgan fingerprint density at radius 3 is 2.48 bits per heavy atom. The lowest BCUT2D eigenvalue weighted by Crippen LogP contribution is -2.34. The van der Waals surface area contributed by atoms with Crippen molar-refractivity contribution in [2.75, 3.05) is 11.9 Å². The van der Waals surface area contributed by atoms with Gasteiger partial charge in [0.25, 0.3) is 0 Å². The lowest BCUT2D eigenvalue weighted by molar-refractivity contribution is -0.153. The second-order valence-electron chi connectivity index (χ2n) is 5.02. The van der Waals surface area contributed by atoms with Crippen LogP contribution in [0.25, 0.3) is 0 Å². The smallest absolute Gasteiger partial charge is 0.422 e. The van der Waals surface area contributed by atoms with E-state index in [9.17, 15) is 18.0 Å². The molecule has 0 fully saturated rings. The highest BCUT2D eigenvalue weighted by molar-refractivity contribution is 5.92. The average Bonchev–Trinajstić information content (AvgIpc) is 2.35. The van der Waals surface area contributed by atoms with E-state index in [1.165, 1.54) is 12.1 Å². The van der Waals surface area contributed by atoms with Gasteiger partial charge in [0.05, 0.1) is 5.92 Å². The lowest BCUT2D eigenvalue weighted by atomic mass is 10.0. The number of hydrogen-bond acceptors (Lipinski definition) is 3. The molecule has 0 aliphatic carbocycles. The molecule has 4 nitrogen and oxygen atoms in total. The summed E-state index contributed by atoms with van der Waals surface area (Å²) in [7, 11) is 0. The molecule has 3 N–H and O–H groups in total. The maximum atomic E-state index is 12.1. The topological polar surface area (TPSA) is 64.4 Å². The summed E-state index contributed by atoms with van der Waals surface area (Å²) < 4.78 is 41.0. The van der Waals surface area contributed by atoms with E-state index in [0.29, 0.717) is 11.3 Å². The van der Waals surface area contributed by atoms with Gasteiger partial charge in [0.2, 0.25) is 5.91 Å². The number of nitrogens with one attached hydrogen (secondary N) is 1. The van der Waals surface area contributed by atoms with Gasteiger partial charge >= 0.3 is 6.18 Å². The molecular weight excluding hydrogens is 285 g/mol. The van der Waals surface area contributed by atoms with Crippen LogP contribution in [0.3, 0.4) is 0 Å². The van der Waals surface area contributed by atoms with Crippen molar-refractivity contribution in [1.82, 2.24) is 0 Å². The molecule has 1 rings (SSSR count). The number of hydrogen-bond donors (Lipinski definition) is 2. The summed E-state index contributed by atoms with van der Waals surface area (Å²) in [5.41, 5.74) is 6.63. The SMILES string of the molecule is Cc1cc(NC(=O)C(C)C(C)N)ccc1OCC(F)(F)F. The Balaban J connectivity index is 2.72. The van der Waals surface area contributed by atoms with Crippen LogP contribution in [-0.2, 0) is 4.79 Å². The van der Waals surface area contributed by atoms with Crippen molar-refractivity contribution in [3.63, 3.8) is 0 Å². The van der Waals surface area contributed by atoms with Gasteiger partial charge in [-0.2, -0.15) is 13.2 Å². The zero-order valence-corrected chi connectivity index (χ0v) is 12.1. The molecule has 1 aromatic carbocycles. The van der Waals surface area contributed by atoms with Crippen molar-refractivity contribution in [3.05, 3.63) is 23.8 Å². The molecule has 0 aliphatic heterocycles. The Hall–Kier alpha value is -1.76. The number of nitrogens with two attached hydrogens (primary N) is 1. The molecule has 1 amide bonds. The number of carbonyl (C=O) groups is 1. The van der Waals surface area contributed by atoms with Crippen LogP contribution in [0.4, 0.5) is 18.9 Å². The number of carbonyl (C=O) groups excluding carboxylic acids is 1. The Labute approximate surface area is 121 Å². The van der Waals surface area contributed by atoms with Crippen molar-refractivity contribution in [2.45, 2.75) is 33.0 Å². The number of alkyl halides is 3. The summed E-state index contributed by atoms with van der Waals surface area (Å²) in [6.07, 6.45) is -4.38. The molecule has 0 spiro atoms. The standard InChI is InChI=1S/C14H19F3N2O2/c1-8-6-11(19-13(20)9(2)10(3)18)4-5-12(8)21-7-14(15,16)17/h4-6,9-10H,7,18H2,1-3H3,(H,19,20). The van der Waals surface area contributed by atoms with Crippen LogP contribution in [0, 0.1) is 12.8 Å². The van der Waals surface area contributed by atoms with E-state index in [1.807, 2.05) is 0 Å². The number of ether oxygens (including phenoxy) is 1. The maximum absolute atomic E-state index is 12.1. The first-order chi connectivity index (χ1) is 9.60. The minimum atomic E-state index is -4.38. The third-order valence-electron chi connectivity index (χ3n) is 3.04. The van der Waals surface area contributed by atoms with Gasteiger partial charge in [-0.3, -0.25) is 4.79 Å². The first-order valence-corrected chi connectivity index (χ1v) is 6.47. The number of anilines is 1. The minimum Gasteiger partial charge on any atom is -0.484 e. The van der Waals surface area contributed by atoms with Gasteiger partial charge in [0.1, 0.15) is 5.75 Å². The first kappa shape index (κ1) is 17.3. The molecule has 118 valence electrons. The fourth-order valence-electron chi connectivity index (χ4n) is 1.54. The van der Waals surface area contributed by atoms with Gasteiger partial charge in [0, 0.05) is 11.7 Å². The van der Waals surface area contributed by atoms with Crippen molar-refractivity contribution >= 4 is 11.6 Å². The molecule has 0 bridgehead atoms. The molecule has 0 radical (unpaired) electrons. The second-order valence-corrected chi connectivity index (χ2v) is 5.02. The maximum Gasteiger partial charge on any atom is 0.422 e. The molecule has 0 heterocycles. The number of amides is 1. The Kier molecular flexibility index (Phi) is 5.60. The molecule has 21 heavy (non-hydrogen) atoms. The molecule has 7 heteroatoms. The third-order valence-corrected chi connectivity index (χ3v) is 3.04. The van der Waals surface area contributed by atoms with E-state index in [4.69, 9.17) is 5.73 Å². The van der Waals surface area contributed by atoms with Crippen LogP contribution < -0.4 is 15.8 Å². The predicted molar refractivity (Wildman–Crippen MR) is 74.2 cm³/mol. The summed E-state index contributed by atoms with van der Waals surface area (Å²) in [6.45, 7) is 3.69. The summed E-state index contributed by atoms with van der Waals surface area (Å²) in [4.78, 5) is 11.8. The van der Waals surface area contributed by atoms with Crippen LogP contribution in [-0.4, -0.2) is 24.7 Å². The third kappa shape index (κ3) is 5.63. The molecule has 0 aromatic heterocycles. The molecule has 0 aliphatic rings. The van der Waals surface area contributed by atoms with Gasteiger partial charge in [-0.15, -0.1) is 0 Å². The summed E-state index contributed by atoms with van der Waals surface area (Å²) in [5, 5.41) is 2.67. The van der Waals surface area contributed by atoms with E-state index in [-0.39, 0.29) is 23.6 Å². The van der Waals surface area contributed by atoms with Crippen LogP contribution >= 0.6 is 0 Å². The zero-order chi connectivity index (χ0) is 16.2. The highest BCUT2D eigenvalue weighted by atomic mass is 19.4. The minimum absolute atomic E-state index is 0.130. The Morgan fingerprint density at radius 1 is 1.38 bits per heavy atom. The van der Waals surface area contributed by atoms with Gasteiger partial charge in [-0.1, -0.05) is 6.92 Å². The molecule has 2 atom stereocenters. The fourth-order valence-corrected chi connectivity index (χ4v) is 1.54. The summed E-state index contributed by atoms with van der Waals surface area (Å²) in [6, 6.07) is 4.15. The van der Waals surface area contributed by atoms with Crippen LogP contribution in [0.15, 0.2) is 18.2 Å². The van der Waals surface area contributed by atoms with Gasteiger partial charge < -0.3 is 15.8 Å². The molecule has 2 unspecified atom stereocenters. The van der Waals surface area contributed by atoms with Crippen LogP contribution in [0.2, 0.25) is 0 Å². The predicted octanol–water partition coefficient (Wildman–Crippen LogP) is 2.86. The summed E-state index contributed by atoms with van der Waals surface area (Å²) in [5.74, 6) is -0.481. The largest absolute Gasteiger partial charge is 0.484 e. The number of benzene rings is 1. The monoisotopic (exact) mass is 304 g/mol. The highest BCUT2D eigenvalue weighted by Crippen LogP contribution is 2.25. The highest BCUT2D eigenvalue weighted by Gasteiger charge is 2.28. The quantitative estimate of drug-likeness (QED) is 0.879. The van der Waals surface area contributed by atoms with E-state index < -0.39 is 12.8 Å². The zero-order valence-electron chi connectivity index (χ0n) is 12.1. The Bertz CT molecular complexity index is 501. The average molecular weight is 304 g/mol. The second kappa shape index (κ2) is 6.80. The van der Waals surface area contributed by atoms with Crippen molar-refractivity contribution in [1.29, 1.82) is 0 Å². The van der Waals surface area contributed by atoms with Crippen LogP contribution in [0.1, 0.15) is 19.4 Å².